The Labute approximate surface area is 216 Å². The largest absolute Gasteiger partial charge is 0.490 e. The topological polar surface area (TPSA) is 80.3 Å². The first-order chi connectivity index (χ1) is 17.6. The van der Waals surface area contributed by atoms with E-state index in [1.807, 2.05) is 12.1 Å². The standard InChI is InChI=1S/C29H44O7/c1-5-8-10-12-22-35-28-24(17-19-27(31)32-4)16-18-25(29(28)36-23-13-11-9-6-2)33-20-14-15-21-34-26(30)7-3/h7,16-19H,3,5-6,8-15,20-23H2,1-2,4H3/b19-17+. The van der Waals surface area contributed by atoms with Gasteiger partial charge in [-0.25, -0.2) is 9.59 Å². The number of rotatable bonds is 21. The molecule has 0 saturated carbocycles. The van der Waals surface area contributed by atoms with E-state index in [-0.39, 0.29) is 0 Å². The van der Waals surface area contributed by atoms with Crippen molar-refractivity contribution >= 4 is 18.0 Å². The van der Waals surface area contributed by atoms with Gasteiger partial charge in [0.2, 0.25) is 5.75 Å². The third-order valence-corrected chi connectivity index (χ3v) is 5.40. The zero-order chi connectivity index (χ0) is 26.4. The highest BCUT2D eigenvalue weighted by Crippen LogP contribution is 2.41. The van der Waals surface area contributed by atoms with Crippen molar-refractivity contribution in [2.45, 2.75) is 78.1 Å². The second-order valence-corrected chi connectivity index (χ2v) is 8.41. The van der Waals surface area contributed by atoms with E-state index in [1.54, 1.807) is 6.08 Å². The molecule has 0 saturated heterocycles. The van der Waals surface area contributed by atoms with Crippen LogP contribution in [0.15, 0.2) is 30.9 Å². The third-order valence-electron chi connectivity index (χ3n) is 5.40. The number of methoxy groups -OCH3 is 1. The Morgan fingerprint density at radius 3 is 1.94 bits per heavy atom. The number of carbonyl (C=O) groups is 2. The van der Waals surface area contributed by atoms with E-state index in [2.05, 4.69) is 20.4 Å². The minimum absolute atomic E-state index is 0.318. The highest BCUT2D eigenvalue weighted by atomic mass is 16.5. The lowest BCUT2D eigenvalue weighted by Crippen LogP contribution is -2.08. The molecule has 1 aromatic carbocycles. The monoisotopic (exact) mass is 504 g/mol. The zero-order valence-electron chi connectivity index (χ0n) is 22.4. The summed E-state index contributed by atoms with van der Waals surface area (Å²) in [5.74, 6) is 0.841. The van der Waals surface area contributed by atoms with Crippen molar-refractivity contribution in [3.05, 3.63) is 36.4 Å². The predicted molar refractivity (Wildman–Crippen MR) is 143 cm³/mol. The second-order valence-electron chi connectivity index (χ2n) is 8.41. The molecular weight excluding hydrogens is 460 g/mol. The van der Waals surface area contributed by atoms with E-state index in [4.69, 9.17) is 23.7 Å². The smallest absolute Gasteiger partial charge is 0.330 e. The first-order valence-corrected chi connectivity index (χ1v) is 13.2. The van der Waals surface area contributed by atoms with Crippen molar-refractivity contribution in [2.24, 2.45) is 0 Å². The maximum absolute atomic E-state index is 11.7. The molecule has 36 heavy (non-hydrogen) atoms. The molecule has 202 valence electrons. The summed E-state index contributed by atoms with van der Waals surface area (Å²) in [6.45, 7) is 9.58. The Balaban J connectivity index is 3.03. The van der Waals surface area contributed by atoms with Gasteiger partial charge in [-0.2, -0.15) is 0 Å². The van der Waals surface area contributed by atoms with Gasteiger partial charge in [0.15, 0.2) is 11.5 Å². The van der Waals surface area contributed by atoms with Crippen LogP contribution in [-0.2, 0) is 19.1 Å². The van der Waals surface area contributed by atoms with Gasteiger partial charge in [-0.1, -0.05) is 59.0 Å². The fourth-order valence-electron chi connectivity index (χ4n) is 3.34. The molecule has 0 aromatic heterocycles. The SMILES string of the molecule is C=CC(=O)OCCCCOc1ccc(/C=C/C(=O)OC)c(OCCCCCC)c1OCCCCCC. The van der Waals surface area contributed by atoms with Crippen molar-refractivity contribution in [3.63, 3.8) is 0 Å². The lowest BCUT2D eigenvalue weighted by atomic mass is 10.1. The molecule has 0 heterocycles. The minimum atomic E-state index is -0.441. The van der Waals surface area contributed by atoms with Crippen LogP contribution in [0, 0.1) is 0 Å². The summed E-state index contributed by atoms with van der Waals surface area (Å²) in [6.07, 6.45) is 14.2. The van der Waals surface area contributed by atoms with Crippen molar-refractivity contribution in [1.29, 1.82) is 0 Å². The summed E-state index contributed by atoms with van der Waals surface area (Å²) in [7, 11) is 1.35. The molecule has 0 atom stereocenters. The molecule has 1 rings (SSSR count). The Kier molecular flexibility index (Phi) is 17.5. The Hall–Kier alpha value is -2.96. The van der Waals surface area contributed by atoms with Crippen molar-refractivity contribution in [1.82, 2.24) is 0 Å². The average molecular weight is 505 g/mol. The Morgan fingerprint density at radius 2 is 1.33 bits per heavy atom. The number of hydrogen-bond donors (Lipinski definition) is 0. The molecule has 0 aliphatic carbocycles. The Morgan fingerprint density at radius 1 is 0.750 bits per heavy atom. The number of ether oxygens (including phenoxy) is 5. The molecule has 0 bridgehead atoms. The third kappa shape index (κ3) is 13.2. The molecule has 0 radical (unpaired) electrons. The van der Waals surface area contributed by atoms with Crippen molar-refractivity contribution in [3.8, 4) is 17.2 Å². The maximum Gasteiger partial charge on any atom is 0.330 e. The summed E-state index contributed by atoms with van der Waals surface area (Å²) in [4.78, 5) is 22.9. The molecule has 7 nitrogen and oxygen atoms in total. The quantitative estimate of drug-likeness (QED) is 0.105. The van der Waals surface area contributed by atoms with Crippen LogP contribution in [0.1, 0.15) is 83.6 Å². The van der Waals surface area contributed by atoms with Gasteiger partial charge in [0.25, 0.3) is 0 Å². The molecule has 0 aliphatic heterocycles. The van der Waals surface area contributed by atoms with Crippen LogP contribution in [-0.4, -0.2) is 45.5 Å². The molecule has 0 aliphatic rings. The molecule has 0 fully saturated rings. The van der Waals surface area contributed by atoms with Gasteiger partial charge in [0.1, 0.15) is 0 Å². The summed E-state index contributed by atoms with van der Waals surface area (Å²) >= 11 is 0. The Bertz CT molecular complexity index is 801. The normalized spacial score (nSPS) is 10.8. The molecule has 1 aromatic rings. The highest BCUT2D eigenvalue weighted by molar-refractivity contribution is 5.88. The van der Waals surface area contributed by atoms with Gasteiger partial charge in [-0.15, -0.1) is 0 Å². The van der Waals surface area contributed by atoms with E-state index in [9.17, 15) is 9.59 Å². The lowest BCUT2D eigenvalue weighted by molar-refractivity contribution is -0.138. The molecule has 0 unspecified atom stereocenters. The van der Waals surface area contributed by atoms with E-state index in [0.29, 0.717) is 56.5 Å². The van der Waals surface area contributed by atoms with Gasteiger partial charge < -0.3 is 23.7 Å². The van der Waals surface area contributed by atoms with Crippen LogP contribution < -0.4 is 14.2 Å². The zero-order valence-corrected chi connectivity index (χ0v) is 22.4. The van der Waals surface area contributed by atoms with Gasteiger partial charge in [-0.05, 0) is 43.9 Å². The molecule has 0 spiro atoms. The van der Waals surface area contributed by atoms with Gasteiger partial charge in [0, 0.05) is 17.7 Å². The molecular formula is C29H44O7. The van der Waals surface area contributed by atoms with Gasteiger partial charge in [0.05, 0.1) is 33.5 Å². The van der Waals surface area contributed by atoms with Crippen LogP contribution in [0.3, 0.4) is 0 Å². The molecule has 0 amide bonds. The van der Waals surface area contributed by atoms with Crippen LogP contribution in [0.2, 0.25) is 0 Å². The summed E-state index contributed by atoms with van der Waals surface area (Å²) < 4.78 is 28.2. The number of benzene rings is 1. The summed E-state index contributed by atoms with van der Waals surface area (Å²) in [5, 5.41) is 0. The van der Waals surface area contributed by atoms with E-state index >= 15 is 0 Å². The first-order valence-electron chi connectivity index (χ1n) is 13.2. The fraction of sp³-hybridized carbons (Fsp3) is 0.586. The van der Waals surface area contributed by atoms with E-state index < -0.39 is 11.9 Å². The fourth-order valence-corrected chi connectivity index (χ4v) is 3.34. The van der Waals surface area contributed by atoms with Crippen LogP contribution in [0.25, 0.3) is 6.08 Å². The number of carbonyl (C=O) groups excluding carboxylic acids is 2. The first kappa shape index (κ1) is 31.1. The van der Waals surface area contributed by atoms with Crippen molar-refractivity contribution in [2.75, 3.05) is 33.5 Å². The summed E-state index contributed by atoms with van der Waals surface area (Å²) in [5.41, 5.74) is 0.725. The predicted octanol–water partition coefficient (Wildman–Crippen LogP) is 6.68. The second kappa shape index (κ2) is 20.3. The van der Waals surface area contributed by atoms with Crippen LogP contribution >= 0.6 is 0 Å². The highest BCUT2D eigenvalue weighted by Gasteiger charge is 2.17. The molecule has 0 N–H and O–H groups in total. The average Bonchev–Trinajstić information content (AvgIpc) is 2.89. The van der Waals surface area contributed by atoms with Crippen molar-refractivity contribution < 1.29 is 33.3 Å². The molecule has 7 heteroatoms. The van der Waals surface area contributed by atoms with E-state index in [1.165, 1.54) is 13.2 Å². The van der Waals surface area contributed by atoms with Gasteiger partial charge >= 0.3 is 11.9 Å². The summed E-state index contributed by atoms with van der Waals surface area (Å²) in [6, 6.07) is 3.69. The van der Waals surface area contributed by atoms with Gasteiger partial charge in [-0.3, -0.25) is 0 Å². The number of hydrogen-bond acceptors (Lipinski definition) is 7. The van der Waals surface area contributed by atoms with Crippen LogP contribution in [0.5, 0.6) is 17.2 Å². The van der Waals surface area contributed by atoms with E-state index in [0.717, 1.165) is 63.0 Å². The number of unbranched alkanes of at least 4 members (excludes halogenated alkanes) is 7. The minimum Gasteiger partial charge on any atom is -0.490 e. The maximum atomic E-state index is 11.7. The number of esters is 2. The van der Waals surface area contributed by atoms with Crippen LogP contribution in [0.4, 0.5) is 0 Å². The lowest BCUT2D eigenvalue weighted by Gasteiger charge is -2.19.